The van der Waals surface area contributed by atoms with Crippen LogP contribution in [-0.2, 0) is 24.0 Å². The van der Waals surface area contributed by atoms with Crippen LogP contribution in [0.2, 0.25) is 0 Å². The molecule has 0 unspecified atom stereocenters. The summed E-state index contributed by atoms with van der Waals surface area (Å²) in [7, 11) is 1.24. The van der Waals surface area contributed by atoms with E-state index >= 15 is 0 Å². The number of hydrogen-bond acceptors (Lipinski definition) is 9. The number of aliphatic carboxylic acids is 1. The minimum Gasteiger partial charge on any atom is -0.477 e. The van der Waals surface area contributed by atoms with Crippen LogP contribution < -0.4 is 10.6 Å². The summed E-state index contributed by atoms with van der Waals surface area (Å²) in [6.07, 6.45) is 1.45. The first-order valence-electron chi connectivity index (χ1n) is 7.99. The van der Waals surface area contributed by atoms with Crippen molar-refractivity contribution in [3.05, 3.63) is 22.8 Å². The van der Waals surface area contributed by atoms with E-state index in [1.165, 1.54) is 30.3 Å². The Hall–Kier alpha value is -2.64. The molecule has 0 aromatic carbocycles. The first-order valence-corrected chi connectivity index (χ1v) is 10.5. The Morgan fingerprint density at radius 2 is 2.24 bits per heavy atom. The highest BCUT2D eigenvalue weighted by Crippen LogP contribution is 2.37. The summed E-state index contributed by atoms with van der Waals surface area (Å²) in [4.78, 5) is 57.6. The van der Waals surface area contributed by atoms with Crippen molar-refractivity contribution in [1.29, 1.82) is 0 Å². The lowest BCUT2D eigenvalue weighted by molar-refractivity contribution is -0.150. The normalized spacial score (nSPS) is 20.9. The van der Waals surface area contributed by atoms with Crippen molar-refractivity contribution >= 4 is 69.2 Å². The number of β-lactam (4-membered cyclic amide) rings is 1. The van der Waals surface area contributed by atoms with Gasteiger partial charge in [-0.05, 0) is 6.08 Å². The first-order chi connectivity index (χ1) is 13.9. The zero-order valence-corrected chi connectivity index (χ0v) is 17.1. The summed E-state index contributed by atoms with van der Waals surface area (Å²) < 4.78 is 0. The monoisotopic (exact) mass is 459 g/mol. The molecule has 0 saturated carbocycles. The third-order valence-corrected chi connectivity index (χ3v) is 6.05. The fraction of sp³-hybridized carbons (Fsp3) is 0.333. The molecule has 14 heteroatoms. The number of carbonyl (C=O) groups is 4. The Balaban J connectivity index is 1.73. The minimum atomic E-state index is -1.20. The number of nitrogens with one attached hydrogen (secondary N) is 2. The van der Waals surface area contributed by atoms with E-state index in [1.807, 2.05) is 0 Å². The van der Waals surface area contributed by atoms with Gasteiger partial charge in [0.05, 0.1) is 0 Å². The number of carboxylic acids is 1. The number of alkyl halides is 1. The quantitative estimate of drug-likeness (QED) is 0.224. The van der Waals surface area contributed by atoms with Crippen LogP contribution in [-0.4, -0.2) is 74.6 Å². The van der Waals surface area contributed by atoms with Crippen molar-refractivity contribution in [3.63, 3.8) is 0 Å². The molecule has 3 rings (SSSR count). The molecule has 2 atom stereocenters. The number of halogens is 1. The first kappa shape index (κ1) is 21.1. The molecule has 0 radical (unpaired) electrons. The number of hydrogen-bond donors (Lipinski definition) is 3. The van der Waals surface area contributed by atoms with Gasteiger partial charge in [0.15, 0.2) is 10.8 Å². The molecule has 2 aliphatic rings. The van der Waals surface area contributed by atoms with E-state index in [2.05, 4.69) is 20.8 Å². The van der Waals surface area contributed by atoms with Gasteiger partial charge in [0.2, 0.25) is 5.91 Å². The molecular formula is C15H14ClN5O6S2. The fourth-order valence-corrected chi connectivity index (χ4v) is 4.61. The predicted molar refractivity (Wildman–Crippen MR) is 106 cm³/mol. The molecular weight excluding hydrogens is 446 g/mol. The Kier molecular flexibility index (Phi) is 6.39. The molecule has 154 valence electrons. The lowest BCUT2D eigenvalue weighted by Crippen LogP contribution is -2.70. The molecule has 1 fully saturated rings. The minimum absolute atomic E-state index is 0.103. The van der Waals surface area contributed by atoms with Crippen LogP contribution >= 0.6 is 34.7 Å². The topological polar surface area (TPSA) is 150 Å². The highest BCUT2D eigenvalue weighted by molar-refractivity contribution is 8.00. The van der Waals surface area contributed by atoms with E-state index in [-0.39, 0.29) is 28.1 Å². The molecule has 29 heavy (non-hydrogen) atoms. The van der Waals surface area contributed by atoms with Gasteiger partial charge in [0, 0.05) is 11.1 Å². The smallest absolute Gasteiger partial charge is 0.352 e. The maximum Gasteiger partial charge on any atom is 0.352 e. The zero-order valence-electron chi connectivity index (χ0n) is 14.7. The van der Waals surface area contributed by atoms with Gasteiger partial charge in [-0.2, -0.15) is 0 Å². The average molecular weight is 460 g/mol. The summed E-state index contributed by atoms with van der Waals surface area (Å²) in [6.45, 7) is 0. The standard InChI is InChI=1S/C15H14ClN5O6S2/c1-27-20-9(6-5-29-15(17-6)18-8(22)4-16)11(23)19-10-12(24)21-7(14(25)26)2-3-28-13(10)21/h2,5,10,13H,3-4H2,1H3,(H,19,23)(H,25,26)(H,17,18,22)/b20-9-/t10-,13-/m1/s1. The largest absolute Gasteiger partial charge is 0.477 e. The lowest BCUT2D eigenvalue weighted by atomic mass is 10.0. The van der Waals surface area contributed by atoms with Crippen LogP contribution in [0.5, 0.6) is 0 Å². The number of rotatable bonds is 7. The molecule has 0 spiro atoms. The molecule has 1 aromatic heterocycles. The number of amides is 3. The highest BCUT2D eigenvalue weighted by Gasteiger charge is 2.53. The summed E-state index contributed by atoms with van der Waals surface area (Å²) >= 11 is 7.81. The number of thioether (sulfide) groups is 1. The maximum absolute atomic E-state index is 12.7. The number of carboxylic acid groups (broad SMARTS) is 1. The van der Waals surface area contributed by atoms with E-state index in [9.17, 15) is 24.3 Å². The third kappa shape index (κ3) is 4.21. The van der Waals surface area contributed by atoms with E-state index in [0.717, 1.165) is 16.2 Å². The third-order valence-electron chi connectivity index (χ3n) is 3.86. The van der Waals surface area contributed by atoms with Crippen molar-refractivity contribution in [3.8, 4) is 0 Å². The number of carbonyl (C=O) groups excluding carboxylic acids is 3. The van der Waals surface area contributed by atoms with E-state index in [0.29, 0.717) is 5.75 Å². The summed E-state index contributed by atoms with van der Waals surface area (Å²) in [6, 6.07) is -0.910. The van der Waals surface area contributed by atoms with Crippen LogP contribution in [0.4, 0.5) is 5.13 Å². The Labute approximate surface area is 177 Å². The summed E-state index contributed by atoms with van der Waals surface area (Å²) in [5.41, 5.74) is -0.171. The van der Waals surface area contributed by atoms with Gasteiger partial charge in [-0.25, -0.2) is 9.78 Å². The van der Waals surface area contributed by atoms with Gasteiger partial charge in [0.1, 0.15) is 35.8 Å². The van der Waals surface area contributed by atoms with E-state index < -0.39 is 35.1 Å². The number of nitrogens with zero attached hydrogens (tertiary/aromatic N) is 3. The highest BCUT2D eigenvalue weighted by atomic mass is 35.5. The van der Waals surface area contributed by atoms with Crippen LogP contribution in [0.3, 0.4) is 0 Å². The van der Waals surface area contributed by atoms with Crippen LogP contribution in [0.15, 0.2) is 22.3 Å². The van der Waals surface area contributed by atoms with Crippen molar-refractivity contribution in [2.45, 2.75) is 11.4 Å². The van der Waals surface area contributed by atoms with Gasteiger partial charge in [-0.1, -0.05) is 5.16 Å². The van der Waals surface area contributed by atoms with Gasteiger partial charge < -0.3 is 20.6 Å². The Morgan fingerprint density at radius 1 is 1.48 bits per heavy atom. The molecule has 0 aliphatic carbocycles. The Morgan fingerprint density at radius 3 is 2.90 bits per heavy atom. The van der Waals surface area contributed by atoms with E-state index in [1.54, 1.807) is 0 Å². The van der Waals surface area contributed by atoms with Gasteiger partial charge >= 0.3 is 5.97 Å². The molecule has 0 bridgehead atoms. The summed E-state index contributed by atoms with van der Waals surface area (Å²) in [5.74, 6) is -2.77. The van der Waals surface area contributed by atoms with Gasteiger partial charge in [-0.15, -0.1) is 34.7 Å². The maximum atomic E-state index is 12.7. The van der Waals surface area contributed by atoms with Crippen LogP contribution in [0.1, 0.15) is 5.69 Å². The second-order valence-electron chi connectivity index (χ2n) is 5.62. The second kappa shape index (κ2) is 8.80. The number of fused-ring (bicyclic) bond motifs is 1. The molecule has 2 aliphatic heterocycles. The molecule has 11 nitrogen and oxygen atoms in total. The van der Waals surface area contributed by atoms with Gasteiger partial charge in [0.25, 0.3) is 11.8 Å². The predicted octanol–water partition coefficient (Wildman–Crippen LogP) is 0.0393. The molecule has 3 heterocycles. The fourth-order valence-electron chi connectivity index (χ4n) is 2.64. The number of aromatic nitrogens is 1. The Bertz CT molecular complexity index is 932. The number of oxime groups is 1. The zero-order chi connectivity index (χ0) is 21.1. The van der Waals surface area contributed by atoms with Crippen LogP contribution in [0.25, 0.3) is 0 Å². The second-order valence-corrected chi connectivity index (χ2v) is 7.89. The van der Waals surface area contributed by atoms with Crippen LogP contribution in [0, 0.1) is 0 Å². The molecule has 1 aromatic rings. The van der Waals surface area contributed by atoms with E-state index in [4.69, 9.17) is 16.4 Å². The van der Waals surface area contributed by atoms with Gasteiger partial charge in [-0.3, -0.25) is 19.3 Å². The lowest BCUT2D eigenvalue weighted by Gasteiger charge is -2.48. The molecule has 3 amide bonds. The number of anilines is 1. The number of thiazole rings is 1. The average Bonchev–Trinajstić information content (AvgIpc) is 3.16. The van der Waals surface area contributed by atoms with Crippen molar-refractivity contribution in [2.75, 3.05) is 24.1 Å². The summed E-state index contributed by atoms with van der Waals surface area (Å²) in [5, 5.41) is 19.0. The molecule has 3 N–H and O–H groups in total. The van der Waals surface area contributed by atoms with Crippen molar-refractivity contribution in [1.82, 2.24) is 15.2 Å². The van der Waals surface area contributed by atoms with Crippen molar-refractivity contribution < 1.29 is 29.1 Å². The SMILES string of the molecule is CO/N=C(\C(=O)N[C@@H]1C(=O)N2C(C(=O)O)=CCS[C@H]12)c1csc(NC(=O)CCl)n1. The van der Waals surface area contributed by atoms with Crippen molar-refractivity contribution in [2.24, 2.45) is 5.16 Å². The molecule has 1 saturated heterocycles.